The van der Waals surface area contributed by atoms with E-state index >= 15 is 0 Å². The van der Waals surface area contributed by atoms with Crippen LogP contribution in [-0.4, -0.2) is 39.4 Å². The largest absolute Gasteiger partial charge is 0.417 e. The lowest BCUT2D eigenvalue weighted by molar-refractivity contribution is -0.137. The number of alkyl halides is 3. The molecule has 2 N–H and O–H groups in total. The van der Waals surface area contributed by atoms with Gasteiger partial charge >= 0.3 is 12.2 Å². The second-order valence-electron chi connectivity index (χ2n) is 10.6. The van der Waals surface area contributed by atoms with Crippen LogP contribution in [0.5, 0.6) is 0 Å². The number of carbonyl (C=O) groups excluding carboxylic acids is 1. The molecule has 0 amide bonds. The van der Waals surface area contributed by atoms with Gasteiger partial charge in [0.1, 0.15) is 0 Å². The second kappa shape index (κ2) is 10.6. The summed E-state index contributed by atoms with van der Waals surface area (Å²) in [5.41, 5.74) is 2.20. The second-order valence-corrected chi connectivity index (χ2v) is 10.6. The third-order valence-electron chi connectivity index (χ3n) is 6.16. The molecule has 0 spiro atoms. The van der Waals surface area contributed by atoms with Crippen LogP contribution >= 0.6 is 0 Å². The van der Waals surface area contributed by atoms with Crippen LogP contribution in [0.15, 0.2) is 76.3 Å². The molecular formula is C29H27F3N6O2. The highest BCUT2D eigenvalue weighted by atomic mass is 19.4. The molecule has 0 bridgehead atoms. The summed E-state index contributed by atoms with van der Waals surface area (Å²) >= 11 is 0. The Balaban J connectivity index is 1.47. The minimum atomic E-state index is -4.57. The average Bonchev–Trinajstić information content (AvgIpc) is 3.32. The number of pyridine rings is 1. The zero-order valence-electron chi connectivity index (χ0n) is 22.1. The highest BCUT2D eigenvalue weighted by Gasteiger charge is 2.33. The number of hydrogen-bond donors (Lipinski definition) is 2. The van der Waals surface area contributed by atoms with E-state index in [2.05, 4.69) is 25.8 Å². The van der Waals surface area contributed by atoms with E-state index in [1.54, 1.807) is 0 Å². The first-order chi connectivity index (χ1) is 19.0. The Morgan fingerprint density at radius 1 is 1.00 bits per heavy atom. The average molecular weight is 549 g/mol. The SMILES string of the molecule is CC(C)(C)CNc1cc(C(F)(F)F)cnc1-c1nnc(N[C@H]2N=C(c3ccccc3)c3ccccc3CC2=O)o1. The maximum atomic E-state index is 13.4. The summed E-state index contributed by atoms with van der Waals surface area (Å²) in [6, 6.07) is 17.9. The first kappa shape index (κ1) is 27.0. The smallest absolute Gasteiger partial charge is 0.402 e. The van der Waals surface area contributed by atoms with Crippen molar-refractivity contribution in [2.24, 2.45) is 10.4 Å². The molecule has 0 unspecified atom stereocenters. The van der Waals surface area contributed by atoms with Crippen molar-refractivity contribution >= 4 is 23.2 Å². The van der Waals surface area contributed by atoms with Gasteiger partial charge in [0.05, 0.1) is 17.0 Å². The Bertz CT molecular complexity index is 1560. The number of anilines is 2. The standard InChI is InChI=1S/C29H27F3N6O2/c1-28(2,3)16-34-21-14-19(29(30,31)32)15-33-24(21)26-37-38-27(40-26)36-25-22(39)13-18-11-7-8-12-20(18)23(35-25)17-9-5-4-6-10-17/h4-12,14-15,25,34H,13,16H2,1-3H3,(H,36,38)/t25-/m1/s1. The van der Waals surface area contributed by atoms with Crippen molar-refractivity contribution in [1.82, 2.24) is 15.2 Å². The Hall–Kier alpha value is -4.54. The minimum Gasteiger partial charge on any atom is -0.402 e. The van der Waals surface area contributed by atoms with Gasteiger partial charge in [0.15, 0.2) is 17.6 Å². The number of aromatic nitrogens is 3. The van der Waals surface area contributed by atoms with E-state index < -0.39 is 17.9 Å². The van der Waals surface area contributed by atoms with Crippen LogP contribution in [0.4, 0.5) is 24.9 Å². The molecule has 1 atom stereocenters. The van der Waals surface area contributed by atoms with E-state index in [0.29, 0.717) is 12.3 Å². The lowest BCUT2D eigenvalue weighted by Gasteiger charge is -2.21. The molecule has 0 fully saturated rings. The Morgan fingerprint density at radius 2 is 1.73 bits per heavy atom. The predicted octanol–water partition coefficient (Wildman–Crippen LogP) is 6.01. The van der Waals surface area contributed by atoms with Gasteiger partial charge in [0, 0.05) is 30.3 Å². The predicted molar refractivity (Wildman–Crippen MR) is 145 cm³/mol. The fraction of sp³-hybridized carbons (Fsp3) is 0.276. The molecule has 40 heavy (non-hydrogen) atoms. The Labute approximate surface area is 228 Å². The first-order valence-electron chi connectivity index (χ1n) is 12.6. The summed E-state index contributed by atoms with van der Waals surface area (Å²) in [5, 5.41) is 13.9. The molecule has 0 saturated heterocycles. The van der Waals surface area contributed by atoms with Crippen LogP contribution in [0.3, 0.4) is 0 Å². The molecular weight excluding hydrogens is 521 g/mol. The molecule has 2 aromatic carbocycles. The summed E-state index contributed by atoms with van der Waals surface area (Å²) in [4.78, 5) is 21.9. The molecule has 4 aromatic rings. The normalized spacial score (nSPS) is 15.7. The molecule has 11 heteroatoms. The molecule has 5 rings (SSSR count). The molecule has 0 saturated carbocycles. The van der Waals surface area contributed by atoms with Gasteiger partial charge in [0.2, 0.25) is 0 Å². The highest BCUT2D eigenvalue weighted by molar-refractivity contribution is 6.16. The van der Waals surface area contributed by atoms with E-state index in [0.717, 1.165) is 29.0 Å². The van der Waals surface area contributed by atoms with E-state index in [9.17, 15) is 18.0 Å². The van der Waals surface area contributed by atoms with Crippen LogP contribution in [0.2, 0.25) is 0 Å². The Morgan fingerprint density at radius 3 is 2.45 bits per heavy atom. The van der Waals surface area contributed by atoms with E-state index in [-0.39, 0.29) is 40.9 Å². The maximum Gasteiger partial charge on any atom is 0.417 e. The number of rotatable bonds is 6. The maximum absolute atomic E-state index is 13.4. The summed E-state index contributed by atoms with van der Waals surface area (Å²) in [6.07, 6.45) is -4.75. The summed E-state index contributed by atoms with van der Waals surface area (Å²) in [7, 11) is 0. The molecule has 3 heterocycles. The number of aliphatic imine (C=N–C) groups is 1. The Kier molecular flexibility index (Phi) is 7.14. The van der Waals surface area contributed by atoms with Crippen molar-refractivity contribution in [2.75, 3.05) is 17.2 Å². The van der Waals surface area contributed by atoms with Crippen molar-refractivity contribution in [3.05, 3.63) is 89.1 Å². The number of Topliss-reactive ketones (excluding diaryl/α,β-unsaturated/α-hetero) is 1. The molecule has 1 aliphatic heterocycles. The van der Waals surface area contributed by atoms with Gasteiger partial charge in [-0.15, -0.1) is 5.10 Å². The topological polar surface area (TPSA) is 105 Å². The number of ketones is 1. The van der Waals surface area contributed by atoms with E-state index in [4.69, 9.17) is 9.41 Å². The zero-order valence-corrected chi connectivity index (χ0v) is 22.1. The number of benzene rings is 2. The quantitative estimate of drug-likeness (QED) is 0.304. The summed E-state index contributed by atoms with van der Waals surface area (Å²) in [5.74, 6) is -0.317. The fourth-order valence-corrected chi connectivity index (χ4v) is 4.18. The number of fused-ring (bicyclic) bond motifs is 1. The summed E-state index contributed by atoms with van der Waals surface area (Å²) < 4.78 is 45.9. The number of hydrogen-bond acceptors (Lipinski definition) is 8. The van der Waals surface area contributed by atoms with Crippen LogP contribution in [-0.2, 0) is 17.4 Å². The third kappa shape index (κ3) is 6.03. The van der Waals surface area contributed by atoms with Crippen molar-refractivity contribution in [3.63, 3.8) is 0 Å². The molecule has 0 aliphatic carbocycles. The zero-order chi connectivity index (χ0) is 28.5. The number of carbonyl (C=O) groups is 1. The van der Waals surface area contributed by atoms with Crippen LogP contribution in [0, 0.1) is 5.41 Å². The van der Waals surface area contributed by atoms with Gasteiger partial charge in [-0.25, -0.2) is 4.98 Å². The monoisotopic (exact) mass is 548 g/mol. The molecule has 206 valence electrons. The third-order valence-corrected chi connectivity index (χ3v) is 6.16. The van der Waals surface area contributed by atoms with Crippen LogP contribution in [0.1, 0.15) is 43.0 Å². The van der Waals surface area contributed by atoms with Crippen molar-refractivity contribution in [1.29, 1.82) is 0 Å². The van der Waals surface area contributed by atoms with Gasteiger partial charge in [-0.1, -0.05) is 80.5 Å². The molecule has 2 aromatic heterocycles. The lowest BCUT2D eigenvalue weighted by Crippen LogP contribution is -2.29. The molecule has 1 aliphatic rings. The number of nitrogens with zero attached hydrogens (tertiary/aromatic N) is 4. The van der Waals surface area contributed by atoms with Gasteiger partial charge in [-0.05, 0) is 17.0 Å². The van der Waals surface area contributed by atoms with Gasteiger partial charge in [-0.3, -0.25) is 9.79 Å². The highest BCUT2D eigenvalue weighted by Crippen LogP contribution is 2.35. The molecule has 0 radical (unpaired) electrons. The first-order valence-corrected chi connectivity index (χ1v) is 12.6. The lowest BCUT2D eigenvalue weighted by atomic mass is 9.96. The number of nitrogens with one attached hydrogen (secondary N) is 2. The van der Waals surface area contributed by atoms with E-state index in [1.807, 2.05) is 75.4 Å². The van der Waals surface area contributed by atoms with E-state index in [1.165, 1.54) is 0 Å². The van der Waals surface area contributed by atoms with Crippen LogP contribution < -0.4 is 10.6 Å². The van der Waals surface area contributed by atoms with Gasteiger partial charge < -0.3 is 15.1 Å². The van der Waals surface area contributed by atoms with Crippen LogP contribution in [0.25, 0.3) is 11.6 Å². The number of halogens is 3. The van der Waals surface area contributed by atoms with Crippen molar-refractivity contribution in [2.45, 2.75) is 39.5 Å². The van der Waals surface area contributed by atoms with Gasteiger partial charge in [-0.2, -0.15) is 13.2 Å². The van der Waals surface area contributed by atoms with Crippen molar-refractivity contribution < 1.29 is 22.4 Å². The van der Waals surface area contributed by atoms with Crippen molar-refractivity contribution in [3.8, 4) is 11.6 Å². The van der Waals surface area contributed by atoms with Gasteiger partial charge in [0.25, 0.3) is 5.89 Å². The fourth-order valence-electron chi connectivity index (χ4n) is 4.18. The summed E-state index contributed by atoms with van der Waals surface area (Å²) in [6.45, 7) is 6.21. The minimum absolute atomic E-state index is 0.0610. The molecule has 8 nitrogen and oxygen atoms in total.